The van der Waals surface area contributed by atoms with E-state index in [1.54, 1.807) is 11.0 Å². The summed E-state index contributed by atoms with van der Waals surface area (Å²) >= 11 is 0. The number of aliphatic carboxylic acids is 1. The van der Waals surface area contributed by atoms with Gasteiger partial charge in [-0.1, -0.05) is 12.2 Å². The molecule has 0 saturated carbocycles. The molecule has 0 unspecified atom stereocenters. The second-order valence-electron chi connectivity index (χ2n) is 4.57. The molecule has 0 aromatic carbocycles. The summed E-state index contributed by atoms with van der Waals surface area (Å²) in [6.07, 6.45) is 3.09. The van der Waals surface area contributed by atoms with Crippen molar-refractivity contribution in [3.05, 3.63) is 12.2 Å². The van der Waals surface area contributed by atoms with Crippen LogP contribution in [0.5, 0.6) is 0 Å². The van der Waals surface area contributed by atoms with E-state index in [1.165, 1.54) is 0 Å². The van der Waals surface area contributed by atoms with E-state index >= 15 is 0 Å². The topological polar surface area (TPSA) is 69.7 Å². The van der Waals surface area contributed by atoms with Crippen LogP contribution in [0.25, 0.3) is 0 Å². The van der Waals surface area contributed by atoms with Crippen molar-refractivity contribution in [2.45, 2.75) is 18.6 Å². The first kappa shape index (κ1) is 9.84. The zero-order valence-electron chi connectivity index (χ0n) is 8.88. The van der Waals surface area contributed by atoms with E-state index in [2.05, 4.69) is 0 Å². The monoisotopic (exact) mass is 222 g/mol. The van der Waals surface area contributed by atoms with Gasteiger partial charge in [0.25, 0.3) is 0 Å². The Morgan fingerprint density at radius 2 is 2.50 bits per heavy atom. The Kier molecular flexibility index (Phi) is 1.75. The summed E-state index contributed by atoms with van der Waals surface area (Å²) in [6, 6.07) is 0. The summed E-state index contributed by atoms with van der Waals surface area (Å²) < 4.78 is 5.67. The number of fused-ring (bicyclic) bond motifs is 1. The molecule has 3 aliphatic rings. The van der Waals surface area contributed by atoms with Gasteiger partial charge >= 0.3 is 0 Å². The van der Waals surface area contributed by atoms with Crippen molar-refractivity contribution < 1.29 is 19.4 Å². The van der Waals surface area contributed by atoms with Crippen molar-refractivity contribution in [1.29, 1.82) is 0 Å². The summed E-state index contributed by atoms with van der Waals surface area (Å²) in [6.45, 7) is 2.92. The van der Waals surface area contributed by atoms with Gasteiger partial charge < -0.3 is 19.5 Å². The number of likely N-dealkylation sites (N-methyl/N-ethyl adjacent to an activating group) is 1. The van der Waals surface area contributed by atoms with Gasteiger partial charge in [0, 0.05) is 18.4 Å². The minimum Gasteiger partial charge on any atom is -0.550 e. The lowest BCUT2D eigenvalue weighted by molar-refractivity contribution is -0.313. The van der Waals surface area contributed by atoms with Crippen LogP contribution >= 0.6 is 0 Å². The van der Waals surface area contributed by atoms with Crippen molar-refractivity contribution in [3.8, 4) is 0 Å². The van der Waals surface area contributed by atoms with Crippen molar-refractivity contribution in [3.63, 3.8) is 0 Å². The van der Waals surface area contributed by atoms with Crippen LogP contribution in [0, 0.1) is 11.8 Å². The number of carboxylic acids is 1. The normalized spacial score (nSPS) is 44.2. The molecular formula is C11H12NO4-. The van der Waals surface area contributed by atoms with Crippen LogP contribution in [0.4, 0.5) is 0 Å². The van der Waals surface area contributed by atoms with Crippen molar-refractivity contribution >= 4 is 11.9 Å². The highest BCUT2D eigenvalue weighted by atomic mass is 16.5. The largest absolute Gasteiger partial charge is 0.550 e. The second-order valence-corrected chi connectivity index (χ2v) is 4.57. The molecule has 2 saturated heterocycles. The zero-order valence-corrected chi connectivity index (χ0v) is 8.88. The van der Waals surface area contributed by atoms with Crippen LogP contribution < -0.4 is 5.11 Å². The highest BCUT2D eigenvalue weighted by molar-refractivity contribution is 5.90. The highest BCUT2D eigenvalue weighted by Gasteiger charge is 2.64. The summed E-state index contributed by atoms with van der Waals surface area (Å²) in [5, 5.41) is 11.1. The first-order chi connectivity index (χ1) is 7.59. The Morgan fingerprint density at radius 1 is 1.75 bits per heavy atom. The van der Waals surface area contributed by atoms with Crippen molar-refractivity contribution in [2.75, 3.05) is 13.1 Å². The number of likely N-dealkylation sites (tertiary alicyclic amines) is 1. The van der Waals surface area contributed by atoms with Crippen LogP contribution in [0.2, 0.25) is 0 Å². The minimum atomic E-state index is -1.19. The first-order valence-corrected chi connectivity index (χ1v) is 5.46. The summed E-state index contributed by atoms with van der Waals surface area (Å²) in [7, 11) is 0. The number of hydrogen-bond acceptors (Lipinski definition) is 4. The van der Waals surface area contributed by atoms with Gasteiger partial charge in [-0.25, -0.2) is 0 Å². The Morgan fingerprint density at radius 3 is 3.12 bits per heavy atom. The number of hydrogen-bond donors (Lipinski definition) is 0. The molecule has 5 nitrogen and oxygen atoms in total. The molecule has 0 aromatic heterocycles. The lowest BCUT2D eigenvalue weighted by Gasteiger charge is -2.24. The summed E-state index contributed by atoms with van der Waals surface area (Å²) in [5.74, 6) is -2.72. The van der Waals surface area contributed by atoms with E-state index < -0.39 is 29.5 Å². The Balaban J connectivity index is 2.03. The number of amides is 1. The molecule has 1 amide bonds. The van der Waals surface area contributed by atoms with Gasteiger partial charge in [-0.05, 0) is 6.92 Å². The van der Waals surface area contributed by atoms with Gasteiger partial charge in [-0.15, -0.1) is 0 Å². The van der Waals surface area contributed by atoms with Gasteiger partial charge in [0.15, 0.2) is 0 Å². The molecule has 4 atom stereocenters. The fourth-order valence-electron chi connectivity index (χ4n) is 3.11. The molecule has 16 heavy (non-hydrogen) atoms. The van der Waals surface area contributed by atoms with Crippen molar-refractivity contribution in [1.82, 2.24) is 4.90 Å². The summed E-state index contributed by atoms with van der Waals surface area (Å²) in [5.41, 5.74) is -0.706. The molecule has 0 aliphatic carbocycles. The molecule has 3 aliphatic heterocycles. The number of rotatable bonds is 2. The van der Waals surface area contributed by atoms with E-state index in [4.69, 9.17) is 4.74 Å². The quantitative estimate of drug-likeness (QED) is 0.535. The van der Waals surface area contributed by atoms with E-state index in [1.807, 2.05) is 13.0 Å². The van der Waals surface area contributed by atoms with Gasteiger partial charge in [0.1, 0.15) is 5.60 Å². The number of ether oxygens (including phenoxy) is 1. The van der Waals surface area contributed by atoms with Gasteiger partial charge in [0.05, 0.1) is 18.6 Å². The number of carbonyl (C=O) groups excluding carboxylic acids is 2. The standard InChI is InChI=1S/C11H13NO4/c1-2-12-5-11-4-3-6(16-11)7(10(14)15)8(11)9(12)13/h3-4,6-8H,2,5H2,1H3,(H,14,15)/p-1/t6-,7-,8-,11+/m0/s1. The van der Waals surface area contributed by atoms with Gasteiger partial charge in [0.2, 0.25) is 5.91 Å². The average molecular weight is 222 g/mol. The third-order valence-electron chi connectivity index (χ3n) is 3.83. The number of carboxylic acid groups (broad SMARTS) is 1. The molecule has 0 aromatic rings. The first-order valence-electron chi connectivity index (χ1n) is 5.46. The van der Waals surface area contributed by atoms with E-state index in [0.29, 0.717) is 13.1 Å². The lowest BCUT2D eigenvalue weighted by Crippen LogP contribution is -2.45. The maximum atomic E-state index is 12.0. The Labute approximate surface area is 92.7 Å². The zero-order chi connectivity index (χ0) is 11.5. The van der Waals surface area contributed by atoms with E-state index in [-0.39, 0.29) is 5.91 Å². The van der Waals surface area contributed by atoms with Crippen molar-refractivity contribution in [2.24, 2.45) is 11.8 Å². The van der Waals surface area contributed by atoms with Crippen LogP contribution in [0.15, 0.2) is 12.2 Å². The maximum Gasteiger partial charge on any atom is 0.229 e. The van der Waals surface area contributed by atoms with Crippen LogP contribution in [-0.4, -0.2) is 41.6 Å². The average Bonchev–Trinajstić information content (AvgIpc) is 2.86. The molecule has 86 valence electrons. The predicted molar refractivity (Wildman–Crippen MR) is 51.0 cm³/mol. The molecule has 2 fully saturated rings. The van der Waals surface area contributed by atoms with Gasteiger partial charge in [-0.3, -0.25) is 4.79 Å². The third-order valence-corrected chi connectivity index (χ3v) is 3.83. The number of carbonyl (C=O) groups is 2. The summed E-state index contributed by atoms with van der Waals surface area (Å²) in [4.78, 5) is 24.8. The lowest BCUT2D eigenvalue weighted by atomic mass is 9.77. The van der Waals surface area contributed by atoms with E-state index in [9.17, 15) is 14.7 Å². The molecule has 3 rings (SSSR count). The fraction of sp³-hybridized carbons (Fsp3) is 0.636. The molecule has 5 heteroatoms. The third kappa shape index (κ3) is 0.942. The van der Waals surface area contributed by atoms with Crippen LogP contribution in [-0.2, 0) is 14.3 Å². The molecular weight excluding hydrogens is 210 g/mol. The molecule has 0 N–H and O–H groups in total. The second kappa shape index (κ2) is 2.85. The smallest absolute Gasteiger partial charge is 0.229 e. The Hall–Kier alpha value is -1.36. The fourth-order valence-corrected chi connectivity index (χ4v) is 3.11. The van der Waals surface area contributed by atoms with E-state index in [0.717, 1.165) is 0 Å². The number of nitrogens with zero attached hydrogens (tertiary/aromatic N) is 1. The molecule has 0 radical (unpaired) electrons. The Bertz CT molecular complexity index is 405. The maximum absolute atomic E-state index is 12.0. The minimum absolute atomic E-state index is 0.122. The van der Waals surface area contributed by atoms with Crippen LogP contribution in [0.3, 0.4) is 0 Å². The molecule has 2 bridgehead atoms. The molecule has 1 spiro atoms. The predicted octanol–water partition coefficient (Wildman–Crippen LogP) is -1.46. The van der Waals surface area contributed by atoms with Gasteiger partial charge in [-0.2, -0.15) is 0 Å². The molecule has 3 heterocycles. The highest BCUT2D eigenvalue weighted by Crippen LogP contribution is 2.51. The SMILES string of the molecule is CCN1C[C@@]23C=C[C@H](O2)[C@H](C(=O)[O-])[C@H]3C1=O. The van der Waals surface area contributed by atoms with Crippen LogP contribution in [0.1, 0.15) is 6.92 Å².